The van der Waals surface area contributed by atoms with Crippen molar-refractivity contribution in [2.24, 2.45) is 4.99 Å². The van der Waals surface area contributed by atoms with Gasteiger partial charge in [-0.15, -0.1) is 0 Å². The number of carbonyl (C=O) groups is 1. The van der Waals surface area contributed by atoms with E-state index in [1.165, 1.54) is 44.3 Å². The highest BCUT2D eigenvalue weighted by Crippen LogP contribution is 2.31. The molecule has 6 heteroatoms. The number of fused-ring (bicyclic) bond motifs is 1. The van der Waals surface area contributed by atoms with Crippen LogP contribution in [0.2, 0.25) is 0 Å². The Morgan fingerprint density at radius 3 is 2.75 bits per heavy atom. The highest BCUT2D eigenvalue weighted by atomic mass is 16.1. The van der Waals surface area contributed by atoms with Gasteiger partial charge in [0.2, 0.25) is 5.91 Å². The molecule has 3 rings (SSSR count). The summed E-state index contributed by atoms with van der Waals surface area (Å²) in [5, 5.41) is 9.75. The van der Waals surface area contributed by atoms with E-state index in [1.54, 1.807) is 0 Å². The van der Waals surface area contributed by atoms with Crippen LogP contribution in [0.5, 0.6) is 0 Å². The molecule has 1 amide bonds. The van der Waals surface area contributed by atoms with E-state index in [0.29, 0.717) is 13.0 Å². The Morgan fingerprint density at radius 2 is 1.96 bits per heavy atom. The number of hydrogen-bond acceptors (Lipinski definition) is 3. The molecule has 1 fully saturated rings. The van der Waals surface area contributed by atoms with Crippen molar-refractivity contribution >= 4 is 17.6 Å². The Bertz CT molecular complexity index is 652. The van der Waals surface area contributed by atoms with Gasteiger partial charge in [0.1, 0.15) is 0 Å². The van der Waals surface area contributed by atoms with Crippen LogP contribution in [0.15, 0.2) is 29.3 Å². The van der Waals surface area contributed by atoms with Crippen LogP contribution in [0, 0.1) is 0 Å². The van der Waals surface area contributed by atoms with Gasteiger partial charge in [0, 0.05) is 31.1 Å². The number of anilines is 1. The molecule has 1 aromatic carbocycles. The Balaban J connectivity index is 1.49. The Kier molecular flexibility index (Phi) is 8.15. The second-order valence-electron chi connectivity index (χ2n) is 7.79. The first-order valence-corrected chi connectivity index (χ1v) is 10.9. The average molecular weight is 386 g/mol. The normalized spacial score (nSPS) is 20.8. The number of carbonyl (C=O) groups excluding carboxylic acids is 1. The van der Waals surface area contributed by atoms with Crippen molar-refractivity contribution in [1.82, 2.24) is 15.5 Å². The number of benzene rings is 1. The summed E-state index contributed by atoms with van der Waals surface area (Å²) < 4.78 is 0. The lowest BCUT2D eigenvalue weighted by molar-refractivity contribution is -0.116. The number of nitrogens with one attached hydrogen (secondary N) is 3. The summed E-state index contributed by atoms with van der Waals surface area (Å²) >= 11 is 0. The molecule has 0 aromatic heterocycles. The number of hydrogen-bond donors (Lipinski definition) is 3. The third-order valence-electron chi connectivity index (χ3n) is 5.56. The van der Waals surface area contributed by atoms with E-state index in [4.69, 9.17) is 4.99 Å². The molecule has 154 valence electrons. The predicted molar refractivity (Wildman–Crippen MR) is 116 cm³/mol. The summed E-state index contributed by atoms with van der Waals surface area (Å²) in [4.78, 5) is 19.4. The van der Waals surface area contributed by atoms with Crippen LogP contribution >= 0.6 is 0 Å². The molecule has 1 aromatic rings. The molecular formula is C22H35N5O. The molecule has 1 saturated heterocycles. The molecule has 0 aliphatic carbocycles. The molecule has 1 unspecified atom stereocenters. The van der Waals surface area contributed by atoms with Gasteiger partial charge >= 0.3 is 0 Å². The maximum absolute atomic E-state index is 12.0. The molecular weight excluding hydrogens is 350 g/mol. The second kappa shape index (κ2) is 11.1. The molecule has 2 heterocycles. The summed E-state index contributed by atoms with van der Waals surface area (Å²) in [5.41, 5.74) is 2.11. The highest BCUT2D eigenvalue weighted by molar-refractivity contribution is 5.94. The zero-order valence-corrected chi connectivity index (χ0v) is 17.2. The van der Waals surface area contributed by atoms with Gasteiger partial charge in [-0.1, -0.05) is 31.0 Å². The molecule has 6 nitrogen and oxygen atoms in total. The van der Waals surface area contributed by atoms with Crippen LogP contribution in [0.25, 0.3) is 0 Å². The van der Waals surface area contributed by atoms with Crippen molar-refractivity contribution < 1.29 is 4.79 Å². The van der Waals surface area contributed by atoms with Crippen LogP contribution in [0.3, 0.4) is 0 Å². The summed E-state index contributed by atoms with van der Waals surface area (Å²) in [5.74, 6) is 1.06. The largest absolute Gasteiger partial charge is 0.357 e. The fraction of sp³-hybridized carbons (Fsp3) is 0.636. The van der Waals surface area contributed by atoms with E-state index in [9.17, 15) is 4.79 Å². The van der Waals surface area contributed by atoms with Crippen LogP contribution < -0.4 is 16.0 Å². The molecule has 0 saturated carbocycles. The first kappa shape index (κ1) is 20.6. The Morgan fingerprint density at radius 1 is 1.18 bits per heavy atom. The number of rotatable bonds is 7. The number of likely N-dealkylation sites (tertiary alicyclic amines) is 1. The van der Waals surface area contributed by atoms with Gasteiger partial charge in [0.15, 0.2) is 5.96 Å². The minimum atomic E-state index is 0.0781. The van der Waals surface area contributed by atoms with Gasteiger partial charge in [-0.3, -0.25) is 9.79 Å². The van der Waals surface area contributed by atoms with Crippen LogP contribution in [0.1, 0.15) is 56.9 Å². The van der Waals surface area contributed by atoms with Gasteiger partial charge in [0.25, 0.3) is 0 Å². The first-order chi connectivity index (χ1) is 13.8. The Hall–Kier alpha value is -2.08. The molecule has 28 heavy (non-hydrogen) atoms. The lowest BCUT2D eigenvalue weighted by Gasteiger charge is -2.24. The van der Waals surface area contributed by atoms with E-state index in [-0.39, 0.29) is 11.8 Å². The molecule has 2 aliphatic rings. The fourth-order valence-electron chi connectivity index (χ4n) is 4.08. The average Bonchev–Trinajstić information content (AvgIpc) is 2.97. The number of amides is 1. The zero-order valence-electron chi connectivity index (χ0n) is 17.2. The maximum atomic E-state index is 12.0. The third-order valence-corrected chi connectivity index (χ3v) is 5.56. The summed E-state index contributed by atoms with van der Waals surface area (Å²) in [6, 6.07) is 8.05. The van der Waals surface area contributed by atoms with E-state index in [2.05, 4.69) is 33.8 Å². The van der Waals surface area contributed by atoms with Crippen molar-refractivity contribution in [3.05, 3.63) is 29.8 Å². The molecule has 0 radical (unpaired) electrons. The van der Waals surface area contributed by atoms with E-state index in [1.807, 2.05) is 18.2 Å². The SMILES string of the molecule is CCNC(=NCC1CC(=O)Nc2ccccc21)NCCCN1CCCCCC1. The smallest absolute Gasteiger partial charge is 0.225 e. The van der Waals surface area contributed by atoms with Crippen molar-refractivity contribution in [2.75, 3.05) is 44.6 Å². The lowest BCUT2D eigenvalue weighted by atomic mass is 9.91. The standard InChI is InChI=1S/C22H35N5O/c1-2-23-22(24-12-9-15-27-13-7-3-4-8-14-27)25-17-18-16-21(28)26-20-11-6-5-10-19(18)20/h5-6,10-11,18H,2-4,7-9,12-17H2,1H3,(H,26,28)(H2,23,24,25). The quantitative estimate of drug-likeness (QED) is 0.383. The summed E-state index contributed by atoms with van der Waals surface area (Å²) in [6.45, 7) is 8.10. The van der Waals surface area contributed by atoms with Crippen LogP contribution in [-0.2, 0) is 4.79 Å². The Labute approximate surface area is 169 Å². The lowest BCUT2D eigenvalue weighted by Crippen LogP contribution is -2.39. The zero-order chi connectivity index (χ0) is 19.6. The van der Waals surface area contributed by atoms with Crippen molar-refractivity contribution in [3.63, 3.8) is 0 Å². The summed E-state index contributed by atoms with van der Waals surface area (Å²) in [6.07, 6.45) is 7.07. The number of para-hydroxylation sites is 1. The molecule has 2 aliphatic heterocycles. The van der Waals surface area contributed by atoms with Gasteiger partial charge < -0.3 is 20.9 Å². The van der Waals surface area contributed by atoms with E-state index >= 15 is 0 Å². The van der Waals surface area contributed by atoms with Crippen molar-refractivity contribution in [1.29, 1.82) is 0 Å². The minimum Gasteiger partial charge on any atom is -0.357 e. The van der Waals surface area contributed by atoms with E-state index < -0.39 is 0 Å². The van der Waals surface area contributed by atoms with Gasteiger partial charge in [-0.05, 0) is 57.5 Å². The van der Waals surface area contributed by atoms with Gasteiger partial charge in [-0.2, -0.15) is 0 Å². The van der Waals surface area contributed by atoms with Gasteiger partial charge in [-0.25, -0.2) is 0 Å². The fourth-order valence-corrected chi connectivity index (χ4v) is 4.08. The van der Waals surface area contributed by atoms with Crippen LogP contribution in [0.4, 0.5) is 5.69 Å². The van der Waals surface area contributed by atoms with E-state index in [0.717, 1.165) is 37.7 Å². The van der Waals surface area contributed by atoms with Crippen LogP contribution in [-0.4, -0.2) is 56.0 Å². The maximum Gasteiger partial charge on any atom is 0.225 e. The number of nitrogens with zero attached hydrogens (tertiary/aromatic N) is 2. The van der Waals surface area contributed by atoms with Crippen molar-refractivity contribution in [2.45, 2.75) is 51.4 Å². The van der Waals surface area contributed by atoms with Gasteiger partial charge in [0.05, 0.1) is 6.54 Å². The molecule has 0 spiro atoms. The van der Waals surface area contributed by atoms with Crippen molar-refractivity contribution in [3.8, 4) is 0 Å². The third kappa shape index (κ3) is 6.23. The summed E-state index contributed by atoms with van der Waals surface area (Å²) in [7, 11) is 0. The number of aliphatic imine (C=N–C) groups is 1. The second-order valence-corrected chi connectivity index (χ2v) is 7.79. The minimum absolute atomic E-state index is 0.0781. The first-order valence-electron chi connectivity index (χ1n) is 10.9. The number of guanidine groups is 1. The predicted octanol–water partition coefficient (Wildman–Crippen LogP) is 2.93. The highest BCUT2D eigenvalue weighted by Gasteiger charge is 2.24. The monoisotopic (exact) mass is 385 g/mol. The topological polar surface area (TPSA) is 68.8 Å². The molecule has 0 bridgehead atoms. The molecule has 1 atom stereocenters. The molecule has 3 N–H and O–H groups in total.